The van der Waals surface area contributed by atoms with Crippen molar-refractivity contribution in [2.24, 2.45) is 10.2 Å². The number of benzene rings is 3. The molecule has 0 saturated carbocycles. The van der Waals surface area contributed by atoms with E-state index in [0.29, 0.717) is 18.5 Å². The molecular formula is C31H28N4O5S. The van der Waals surface area contributed by atoms with Crippen LogP contribution in [0.4, 0.5) is 0 Å². The first-order valence-electron chi connectivity index (χ1n) is 13.5. The Balaban J connectivity index is 1.30. The third-order valence-electron chi connectivity index (χ3n) is 7.43. The second kappa shape index (κ2) is 11.6. The van der Waals surface area contributed by atoms with Crippen molar-refractivity contribution < 1.29 is 23.3 Å². The second-order valence-corrected chi connectivity index (χ2v) is 11.6. The lowest BCUT2D eigenvalue weighted by Crippen LogP contribution is -2.74. The van der Waals surface area contributed by atoms with Gasteiger partial charge in [0.05, 0.1) is 35.6 Å². The monoisotopic (exact) mass is 568 g/mol. The Bertz CT molecular complexity index is 1500. The minimum atomic E-state index is -1.57. The molecule has 0 spiro atoms. The lowest BCUT2D eigenvalue weighted by atomic mass is 9.97. The Labute approximate surface area is 239 Å². The predicted molar refractivity (Wildman–Crippen MR) is 152 cm³/mol. The smallest absolute Gasteiger partial charge is 0.356 e. The van der Waals surface area contributed by atoms with Gasteiger partial charge in [0, 0.05) is 5.57 Å². The highest BCUT2D eigenvalue weighted by Gasteiger charge is 2.58. The summed E-state index contributed by atoms with van der Waals surface area (Å²) in [5, 5.41) is 10.2. The molecular weight excluding hydrogens is 540 g/mol. The zero-order chi connectivity index (χ0) is 28.3. The number of β-lactam (4-membered cyclic amide) rings is 1. The molecule has 2 unspecified atom stereocenters. The van der Waals surface area contributed by atoms with E-state index >= 15 is 0 Å². The minimum Gasteiger partial charge on any atom is -0.448 e. The number of hydrogen-bond acceptors (Lipinski definition) is 7. The van der Waals surface area contributed by atoms with Crippen LogP contribution in [0.5, 0.6) is 0 Å². The molecule has 3 aliphatic rings. The number of carbonyl (C=O) groups excluding carboxylic acids is 3. The zero-order valence-electron chi connectivity index (χ0n) is 22.1. The molecule has 3 aliphatic heterocycles. The van der Waals surface area contributed by atoms with Crippen molar-refractivity contribution in [1.29, 1.82) is 0 Å². The van der Waals surface area contributed by atoms with Gasteiger partial charge < -0.3 is 10.1 Å². The van der Waals surface area contributed by atoms with E-state index in [9.17, 15) is 18.6 Å². The lowest BCUT2D eigenvalue weighted by Gasteiger charge is -2.49. The van der Waals surface area contributed by atoms with Gasteiger partial charge in [-0.2, -0.15) is 10.2 Å². The van der Waals surface area contributed by atoms with Crippen molar-refractivity contribution >= 4 is 28.6 Å². The van der Waals surface area contributed by atoms with Crippen LogP contribution >= 0.6 is 0 Å². The molecule has 0 radical (unpaired) electrons. The summed E-state index contributed by atoms with van der Waals surface area (Å²) in [5.41, 5.74) is 2.87. The molecule has 3 aromatic carbocycles. The number of ether oxygens (including phenoxy) is 1. The molecule has 3 heterocycles. The lowest BCUT2D eigenvalue weighted by molar-refractivity contribution is -0.155. The topological polar surface area (TPSA) is 118 Å². The SMILES string of the molecule is O=C(Cc1ccccc1)N[C@@H]1C(=O)N2C(C(=O)OC(c3ccccc3)c3ccccc3)=C(C3CCN=N3)CS(=O)[C@H]12. The zero-order valence-corrected chi connectivity index (χ0v) is 22.9. The average molecular weight is 569 g/mol. The number of esters is 1. The van der Waals surface area contributed by atoms with Crippen molar-refractivity contribution in [2.45, 2.75) is 36.4 Å². The molecule has 41 heavy (non-hydrogen) atoms. The van der Waals surface area contributed by atoms with Crippen LogP contribution in [0.1, 0.15) is 29.2 Å². The molecule has 6 rings (SSSR count). The summed E-state index contributed by atoms with van der Waals surface area (Å²) in [4.78, 5) is 41.5. The van der Waals surface area contributed by atoms with Crippen LogP contribution in [-0.2, 0) is 36.3 Å². The van der Waals surface area contributed by atoms with Crippen molar-refractivity contribution in [3.8, 4) is 0 Å². The van der Waals surface area contributed by atoms with Gasteiger partial charge in [0.2, 0.25) is 5.91 Å². The molecule has 4 atom stereocenters. The Morgan fingerprint density at radius 1 is 0.951 bits per heavy atom. The van der Waals surface area contributed by atoms with E-state index in [4.69, 9.17) is 4.74 Å². The van der Waals surface area contributed by atoms with Gasteiger partial charge in [0.25, 0.3) is 5.91 Å². The Morgan fingerprint density at radius 2 is 1.56 bits per heavy atom. The standard InChI is InChI=1S/C31H28N4O5S/c36-25(18-20-10-4-1-5-11-20)33-26-29(37)35-27(23(19-41(39)30(26)35)24-16-17-32-34-24)31(38)40-28(21-12-6-2-7-13-21)22-14-8-3-9-15-22/h1-15,24,26,28,30H,16-19H2,(H,33,36)/t24?,26-,30-,41?/m1/s1. The van der Waals surface area contributed by atoms with E-state index in [1.807, 2.05) is 91.0 Å². The molecule has 0 bridgehead atoms. The number of fused-ring (bicyclic) bond motifs is 1. The molecule has 10 heteroatoms. The maximum atomic E-state index is 14.0. The summed E-state index contributed by atoms with van der Waals surface area (Å²) in [6, 6.07) is 26.4. The van der Waals surface area contributed by atoms with Crippen LogP contribution in [0.25, 0.3) is 0 Å². The predicted octanol–water partition coefficient (Wildman–Crippen LogP) is 3.46. The molecule has 1 N–H and O–H groups in total. The van der Waals surface area contributed by atoms with Crippen LogP contribution in [0.3, 0.4) is 0 Å². The highest BCUT2D eigenvalue weighted by molar-refractivity contribution is 7.86. The normalized spacial score (nSPS) is 23.2. The number of rotatable bonds is 8. The molecule has 0 aliphatic carbocycles. The van der Waals surface area contributed by atoms with Crippen molar-refractivity contribution in [2.75, 3.05) is 12.3 Å². The van der Waals surface area contributed by atoms with Crippen molar-refractivity contribution in [3.05, 3.63) is 119 Å². The summed E-state index contributed by atoms with van der Waals surface area (Å²) < 4.78 is 19.6. The van der Waals surface area contributed by atoms with Gasteiger partial charge in [-0.25, -0.2) is 4.79 Å². The van der Waals surface area contributed by atoms with Crippen LogP contribution in [-0.4, -0.2) is 56.6 Å². The Kier molecular flexibility index (Phi) is 7.56. The minimum absolute atomic E-state index is 0.0367. The largest absolute Gasteiger partial charge is 0.448 e. The number of azo groups is 1. The Morgan fingerprint density at radius 3 is 2.15 bits per heavy atom. The molecule has 1 saturated heterocycles. The molecule has 9 nitrogen and oxygen atoms in total. The van der Waals surface area contributed by atoms with E-state index in [-0.39, 0.29) is 23.8 Å². The Hall–Kier alpha value is -4.44. The van der Waals surface area contributed by atoms with Crippen LogP contribution in [0.15, 0.2) is 112 Å². The molecule has 0 aromatic heterocycles. The fourth-order valence-electron chi connectivity index (χ4n) is 5.44. The van der Waals surface area contributed by atoms with Crippen LogP contribution in [0.2, 0.25) is 0 Å². The molecule has 208 valence electrons. The summed E-state index contributed by atoms with van der Waals surface area (Å²) in [5.74, 6) is -1.53. The summed E-state index contributed by atoms with van der Waals surface area (Å²) in [6.07, 6.45) is -0.0979. The first-order chi connectivity index (χ1) is 20.0. The maximum Gasteiger partial charge on any atom is 0.356 e. The van der Waals surface area contributed by atoms with Gasteiger partial charge in [0.15, 0.2) is 6.10 Å². The number of amides is 2. The van der Waals surface area contributed by atoms with Crippen LogP contribution in [0, 0.1) is 0 Å². The van der Waals surface area contributed by atoms with E-state index < -0.39 is 46.2 Å². The number of nitrogens with one attached hydrogen (secondary N) is 1. The number of carbonyl (C=O) groups is 3. The van der Waals surface area contributed by atoms with Gasteiger partial charge >= 0.3 is 5.97 Å². The molecule has 3 aromatic rings. The van der Waals surface area contributed by atoms with Gasteiger partial charge in [0.1, 0.15) is 17.1 Å². The molecule has 2 amide bonds. The quantitative estimate of drug-likeness (QED) is 0.330. The first kappa shape index (κ1) is 26.8. The molecule has 1 fully saturated rings. The van der Waals surface area contributed by atoms with E-state index in [0.717, 1.165) is 16.7 Å². The number of nitrogens with zero attached hydrogens (tertiary/aromatic N) is 3. The van der Waals surface area contributed by atoms with Crippen molar-refractivity contribution in [1.82, 2.24) is 10.2 Å². The van der Waals surface area contributed by atoms with Gasteiger partial charge in [-0.3, -0.25) is 18.7 Å². The van der Waals surface area contributed by atoms with E-state index in [1.54, 1.807) is 0 Å². The number of hydrogen-bond donors (Lipinski definition) is 1. The first-order valence-corrected chi connectivity index (χ1v) is 14.8. The van der Waals surface area contributed by atoms with Gasteiger partial charge in [-0.05, 0) is 23.1 Å². The van der Waals surface area contributed by atoms with Crippen LogP contribution < -0.4 is 5.32 Å². The van der Waals surface area contributed by atoms with Gasteiger partial charge in [-0.15, -0.1) is 0 Å². The summed E-state index contributed by atoms with van der Waals surface area (Å²) in [6.45, 7) is 0.481. The average Bonchev–Trinajstić information content (AvgIpc) is 3.54. The summed E-state index contributed by atoms with van der Waals surface area (Å²) in [7, 11) is -1.57. The van der Waals surface area contributed by atoms with E-state index in [2.05, 4.69) is 15.5 Å². The fourth-order valence-corrected chi connectivity index (χ4v) is 7.18. The third kappa shape index (κ3) is 5.35. The third-order valence-corrected chi connectivity index (χ3v) is 9.05. The van der Waals surface area contributed by atoms with E-state index in [1.165, 1.54) is 4.90 Å². The highest BCUT2D eigenvalue weighted by Crippen LogP contribution is 2.39. The highest BCUT2D eigenvalue weighted by atomic mass is 32.2. The summed E-state index contributed by atoms with van der Waals surface area (Å²) >= 11 is 0. The van der Waals surface area contributed by atoms with Gasteiger partial charge in [-0.1, -0.05) is 91.0 Å². The maximum absolute atomic E-state index is 14.0. The van der Waals surface area contributed by atoms with Crippen molar-refractivity contribution in [3.63, 3.8) is 0 Å². The second-order valence-electron chi connectivity index (χ2n) is 10.1. The fraction of sp³-hybridized carbons (Fsp3) is 0.258.